The van der Waals surface area contributed by atoms with Crippen molar-refractivity contribution in [2.24, 2.45) is 0 Å². The van der Waals surface area contributed by atoms with Gasteiger partial charge in [-0.15, -0.1) is 0 Å². The highest BCUT2D eigenvalue weighted by molar-refractivity contribution is 5.92. The van der Waals surface area contributed by atoms with E-state index < -0.39 is 23.3 Å². The summed E-state index contributed by atoms with van der Waals surface area (Å²) < 4.78 is 0. The molecule has 4 N–H and O–H groups in total. The number of carbonyl (C=O) groups is 3. The molecule has 0 aliphatic heterocycles. The van der Waals surface area contributed by atoms with Crippen LogP contribution >= 0.6 is 0 Å². The molecular formula is C18H24N2O5. The molecule has 1 aromatic carbocycles. The van der Waals surface area contributed by atoms with Crippen molar-refractivity contribution >= 4 is 17.8 Å². The van der Waals surface area contributed by atoms with E-state index in [0.717, 1.165) is 24.0 Å². The van der Waals surface area contributed by atoms with Gasteiger partial charge in [0, 0.05) is 6.42 Å². The lowest BCUT2D eigenvalue weighted by Crippen LogP contribution is -2.50. The maximum atomic E-state index is 13.0. The number of hydroxylamine groups is 1. The van der Waals surface area contributed by atoms with Gasteiger partial charge in [0.2, 0.25) is 11.8 Å². The van der Waals surface area contributed by atoms with Gasteiger partial charge >= 0.3 is 5.97 Å². The average Bonchev–Trinajstić information content (AvgIpc) is 3.09. The van der Waals surface area contributed by atoms with Crippen molar-refractivity contribution in [2.75, 3.05) is 0 Å². The quantitative estimate of drug-likeness (QED) is 0.442. The maximum Gasteiger partial charge on any atom is 0.326 e. The summed E-state index contributed by atoms with van der Waals surface area (Å²) in [5.41, 5.74) is 2.73. The van der Waals surface area contributed by atoms with Gasteiger partial charge in [-0.1, -0.05) is 42.7 Å². The predicted molar refractivity (Wildman–Crippen MR) is 90.1 cm³/mol. The molecule has 1 atom stereocenters. The van der Waals surface area contributed by atoms with Crippen molar-refractivity contribution in [1.82, 2.24) is 10.8 Å². The molecule has 1 aliphatic rings. The molecule has 0 unspecified atom stereocenters. The Morgan fingerprint density at radius 1 is 1.16 bits per heavy atom. The molecule has 0 radical (unpaired) electrons. The molecule has 0 bridgehead atoms. The molecular weight excluding hydrogens is 324 g/mol. The van der Waals surface area contributed by atoms with E-state index in [4.69, 9.17) is 5.21 Å². The molecule has 2 amide bonds. The molecule has 7 nitrogen and oxygen atoms in total. The molecule has 0 aromatic heterocycles. The summed E-state index contributed by atoms with van der Waals surface area (Å²) in [6.07, 6.45) is 2.89. The first kappa shape index (κ1) is 18.9. The highest BCUT2D eigenvalue weighted by Crippen LogP contribution is 2.41. The molecule has 7 heteroatoms. The van der Waals surface area contributed by atoms with Gasteiger partial charge < -0.3 is 10.4 Å². The highest BCUT2D eigenvalue weighted by Gasteiger charge is 2.43. The van der Waals surface area contributed by atoms with Crippen LogP contribution in [-0.2, 0) is 19.8 Å². The fourth-order valence-electron chi connectivity index (χ4n) is 3.38. The fourth-order valence-corrected chi connectivity index (χ4v) is 3.38. The third kappa shape index (κ3) is 4.36. The number of carbonyl (C=O) groups excluding carboxylic acids is 2. The van der Waals surface area contributed by atoms with E-state index in [1.807, 2.05) is 31.2 Å². The van der Waals surface area contributed by atoms with Crippen LogP contribution in [0.15, 0.2) is 24.3 Å². The lowest BCUT2D eigenvalue weighted by molar-refractivity contribution is -0.143. The number of carboxylic acids is 1. The monoisotopic (exact) mass is 348 g/mol. The summed E-state index contributed by atoms with van der Waals surface area (Å²) in [4.78, 5) is 35.5. The zero-order chi connectivity index (χ0) is 18.4. The van der Waals surface area contributed by atoms with E-state index >= 15 is 0 Å². The van der Waals surface area contributed by atoms with E-state index in [1.165, 1.54) is 5.48 Å². The molecule has 136 valence electrons. The summed E-state index contributed by atoms with van der Waals surface area (Å²) in [6, 6.07) is 6.57. The van der Waals surface area contributed by atoms with Crippen LogP contribution in [0.4, 0.5) is 0 Å². The first-order valence-electron chi connectivity index (χ1n) is 8.43. The Balaban J connectivity index is 2.17. The number of benzene rings is 1. The second-order valence-corrected chi connectivity index (χ2v) is 6.59. The van der Waals surface area contributed by atoms with Crippen molar-refractivity contribution in [3.05, 3.63) is 35.4 Å². The topological polar surface area (TPSA) is 116 Å². The Bertz CT molecular complexity index is 635. The number of carboxylic acid groups (broad SMARTS) is 1. The third-order valence-electron chi connectivity index (χ3n) is 4.88. The van der Waals surface area contributed by atoms with E-state index in [0.29, 0.717) is 12.8 Å². The third-order valence-corrected chi connectivity index (χ3v) is 4.88. The maximum absolute atomic E-state index is 13.0. The summed E-state index contributed by atoms with van der Waals surface area (Å²) in [7, 11) is 0. The fraction of sp³-hybridized carbons (Fsp3) is 0.500. The van der Waals surface area contributed by atoms with Crippen LogP contribution in [0.25, 0.3) is 0 Å². The van der Waals surface area contributed by atoms with Crippen molar-refractivity contribution in [2.45, 2.75) is 56.9 Å². The van der Waals surface area contributed by atoms with Crippen LogP contribution in [0.5, 0.6) is 0 Å². The summed E-state index contributed by atoms with van der Waals surface area (Å²) >= 11 is 0. The molecule has 25 heavy (non-hydrogen) atoms. The SMILES string of the molecule is Cc1ccc(C2(C(=O)N[C@@H](CCC(=O)NO)C(=O)O)CCCC2)cc1. The van der Waals surface area contributed by atoms with E-state index in [1.54, 1.807) is 0 Å². The molecule has 1 aromatic rings. The lowest BCUT2D eigenvalue weighted by atomic mass is 9.77. The van der Waals surface area contributed by atoms with Gasteiger partial charge in [-0.3, -0.25) is 14.8 Å². The Morgan fingerprint density at radius 3 is 2.28 bits per heavy atom. The zero-order valence-corrected chi connectivity index (χ0v) is 14.2. The van der Waals surface area contributed by atoms with E-state index in [2.05, 4.69) is 5.32 Å². The van der Waals surface area contributed by atoms with Gasteiger partial charge in [-0.25, -0.2) is 10.3 Å². The normalized spacial score (nSPS) is 16.9. The molecule has 1 fully saturated rings. The second kappa shape index (κ2) is 8.11. The van der Waals surface area contributed by atoms with E-state index in [-0.39, 0.29) is 18.7 Å². The van der Waals surface area contributed by atoms with Crippen molar-refractivity contribution in [3.63, 3.8) is 0 Å². The van der Waals surface area contributed by atoms with Crippen molar-refractivity contribution < 1.29 is 24.7 Å². The van der Waals surface area contributed by atoms with Gasteiger partial charge in [0.15, 0.2) is 0 Å². The zero-order valence-electron chi connectivity index (χ0n) is 14.2. The number of aryl methyl sites for hydroxylation is 1. The van der Waals surface area contributed by atoms with Crippen molar-refractivity contribution in [3.8, 4) is 0 Å². The molecule has 1 saturated carbocycles. The largest absolute Gasteiger partial charge is 0.480 e. The highest BCUT2D eigenvalue weighted by atomic mass is 16.5. The van der Waals surface area contributed by atoms with Gasteiger partial charge in [-0.2, -0.15) is 0 Å². The number of aliphatic carboxylic acids is 1. The standard InChI is InChI=1S/C18H24N2O5/c1-12-4-6-13(7-5-12)18(10-2-3-11-18)17(24)19-14(16(22)23)8-9-15(21)20-25/h4-7,14,25H,2-3,8-11H2,1H3,(H,19,24)(H,20,21)(H,22,23)/t14-/m0/s1. The average molecular weight is 348 g/mol. The van der Waals surface area contributed by atoms with Crippen molar-refractivity contribution in [1.29, 1.82) is 0 Å². The Hall–Kier alpha value is -2.41. The summed E-state index contributed by atoms with van der Waals surface area (Å²) in [5.74, 6) is -2.20. The van der Waals surface area contributed by atoms with Gasteiger partial charge in [-0.05, 0) is 31.7 Å². The molecule has 0 saturated heterocycles. The van der Waals surface area contributed by atoms with Crippen LogP contribution < -0.4 is 10.8 Å². The summed E-state index contributed by atoms with van der Waals surface area (Å²) in [6.45, 7) is 1.97. The Kier molecular flexibility index (Phi) is 6.14. The van der Waals surface area contributed by atoms with Crippen LogP contribution in [0, 0.1) is 6.92 Å². The van der Waals surface area contributed by atoms with E-state index in [9.17, 15) is 19.5 Å². The van der Waals surface area contributed by atoms with Gasteiger partial charge in [0.25, 0.3) is 0 Å². The van der Waals surface area contributed by atoms with Gasteiger partial charge in [0.05, 0.1) is 5.41 Å². The Labute approximate surface area is 146 Å². The molecule has 1 aliphatic carbocycles. The minimum Gasteiger partial charge on any atom is -0.480 e. The number of rotatable bonds is 7. The molecule has 2 rings (SSSR count). The first-order chi connectivity index (χ1) is 11.9. The van der Waals surface area contributed by atoms with Gasteiger partial charge in [0.1, 0.15) is 6.04 Å². The second-order valence-electron chi connectivity index (χ2n) is 6.59. The molecule has 0 spiro atoms. The smallest absolute Gasteiger partial charge is 0.326 e. The Morgan fingerprint density at radius 2 is 1.76 bits per heavy atom. The lowest BCUT2D eigenvalue weighted by Gasteiger charge is -2.30. The number of nitrogens with one attached hydrogen (secondary N) is 2. The minimum atomic E-state index is -1.20. The molecule has 0 heterocycles. The van der Waals surface area contributed by atoms with Crippen LogP contribution in [0.1, 0.15) is 49.7 Å². The van der Waals surface area contributed by atoms with Crippen LogP contribution in [0.3, 0.4) is 0 Å². The first-order valence-corrected chi connectivity index (χ1v) is 8.43. The number of hydrogen-bond donors (Lipinski definition) is 4. The minimum absolute atomic E-state index is 0.0859. The van der Waals surface area contributed by atoms with Crippen LogP contribution in [0.2, 0.25) is 0 Å². The summed E-state index contributed by atoms with van der Waals surface area (Å²) in [5, 5.41) is 20.4. The predicted octanol–water partition coefficient (Wildman–Crippen LogP) is 1.66. The number of hydrogen-bond acceptors (Lipinski definition) is 4. The number of amides is 2. The van der Waals surface area contributed by atoms with Crippen LogP contribution in [-0.4, -0.2) is 34.1 Å².